The second-order valence-corrected chi connectivity index (χ2v) is 6.86. The summed E-state index contributed by atoms with van der Waals surface area (Å²) < 4.78 is 1.96. The number of imidazole rings is 1. The minimum Gasteiger partial charge on any atom is -0.353 e. The predicted octanol–water partition coefficient (Wildman–Crippen LogP) is 4.20. The van der Waals surface area contributed by atoms with Gasteiger partial charge in [0.05, 0.1) is 17.6 Å². The largest absolute Gasteiger partial charge is 0.353 e. The van der Waals surface area contributed by atoms with Crippen LogP contribution < -0.4 is 5.32 Å². The molecular formula is C22H22ClN3O2. The van der Waals surface area contributed by atoms with Crippen LogP contribution in [0, 0.1) is 0 Å². The lowest BCUT2D eigenvalue weighted by molar-refractivity contribution is -0.116. The fourth-order valence-corrected chi connectivity index (χ4v) is 3.16. The summed E-state index contributed by atoms with van der Waals surface area (Å²) in [5.74, 6) is 0.736. The molecule has 3 rings (SSSR count). The molecule has 0 atom stereocenters. The summed E-state index contributed by atoms with van der Waals surface area (Å²) in [6.07, 6.45) is 4.61. The van der Waals surface area contributed by atoms with E-state index in [0.29, 0.717) is 23.6 Å². The van der Waals surface area contributed by atoms with Crippen LogP contribution in [0.5, 0.6) is 0 Å². The average Bonchev–Trinajstić information content (AvgIpc) is 3.03. The van der Waals surface area contributed by atoms with Gasteiger partial charge in [0.15, 0.2) is 5.78 Å². The molecule has 3 aromatic rings. The highest BCUT2D eigenvalue weighted by Crippen LogP contribution is 2.19. The predicted molar refractivity (Wildman–Crippen MR) is 112 cm³/mol. The number of fused-ring (bicyclic) bond motifs is 1. The number of halogens is 1. The van der Waals surface area contributed by atoms with Crippen molar-refractivity contribution in [2.24, 2.45) is 0 Å². The van der Waals surface area contributed by atoms with Gasteiger partial charge in [-0.3, -0.25) is 9.59 Å². The zero-order chi connectivity index (χ0) is 19.9. The zero-order valence-corrected chi connectivity index (χ0v) is 16.4. The highest BCUT2D eigenvalue weighted by atomic mass is 35.5. The molecule has 0 spiro atoms. The van der Waals surface area contributed by atoms with Crippen LogP contribution in [0.3, 0.4) is 0 Å². The van der Waals surface area contributed by atoms with E-state index in [-0.39, 0.29) is 18.2 Å². The summed E-state index contributed by atoms with van der Waals surface area (Å²) in [5, 5.41) is 3.44. The Morgan fingerprint density at radius 2 is 1.89 bits per heavy atom. The SMILES string of the molecule is C/C=C\C(=O)NCCCc1nc2ccccc2n1CC(=O)c1ccc(Cl)cc1. The topological polar surface area (TPSA) is 64.0 Å². The Labute approximate surface area is 169 Å². The lowest BCUT2D eigenvalue weighted by Crippen LogP contribution is -2.23. The molecule has 2 aromatic carbocycles. The molecule has 0 saturated heterocycles. The van der Waals surface area contributed by atoms with E-state index >= 15 is 0 Å². The van der Waals surface area contributed by atoms with E-state index in [0.717, 1.165) is 23.3 Å². The molecule has 5 nitrogen and oxygen atoms in total. The standard InChI is InChI=1S/C22H22ClN3O2/c1-2-6-22(28)24-14-5-9-21-25-18-7-3-4-8-19(18)26(21)15-20(27)16-10-12-17(23)13-11-16/h2-4,6-8,10-13H,5,9,14-15H2,1H3,(H,24,28)/b6-2-. The van der Waals surface area contributed by atoms with Crippen LogP contribution in [-0.4, -0.2) is 27.8 Å². The van der Waals surface area contributed by atoms with Gasteiger partial charge in [0.25, 0.3) is 0 Å². The summed E-state index contributed by atoms with van der Waals surface area (Å²) in [4.78, 5) is 29.0. The summed E-state index contributed by atoms with van der Waals surface area (Å²) in [6, 6.07) is 14.7. The number of nitrogens with zero attached hydrogens (tertiary/aromatic N) is 2. The van der Waals surface area contributed by atoms with Crippen molar-refractivity contribution in [1.82, 2.24) is 14.9 Å². The van der Waals surface area contributed by atoms with Gasteiger partial charge in [0.2, 0.25) is 5.91 Å². The van der Waals surface area contributed by atoms with E-state index in [1.165, 1.54) is 6.08 Å². The average molecular weight is 396 g/mol. The number of nitrogens with one attached hydrogen (secondary N) is 1. The molecule has 0 bridgehead atoms. The van der Waals surface area contributed by atoms with Crippen LogP contribution >= 0.6 is 11.6 Å². The molecule has 144 valence electrons. The van der Waals surface area contributed by atoms with E-state index in [1.807, 2.05) is 28.8 Å². The normalized spacial score (nSPS) is 11.2. The number of para-hydroxylation sites is 2. The number of rotatable bonds is 8. The minimum atomic E-state index is -0.103. The number of aromatic nitrogens is 2. The molecule has 1 amide bonds. The molecule has 1 aromatic heterocycles. The maximum Gasteiger partial charge on any atom is 0.243 e. The lowest BCUT2D eigenvalue weighted by atomic mass is 10.1. The second kappa shape index (κ2) is 9.33. The monoisotopic (exact) mass is 395 g/mol. The van der Waals surface area contributed by atoms with Crippen molar-refractivity contribution >= 4 is 34.3 Å². The number of Topliss-reactive ketones (excluding diaryl/α,β-unsaturated/α-hetero) is 1. The van der Waals surface area contributed by atoms with Gasteiger partial charge in [-0.2, -0.15) is 0 Å². The summed E-state index contributed by atoms with van der Waals surface area (Å²) in [5.41, 5.74) is 2.41. The van der Waals surface area contributed by atoms with Gasteiger partial charge in [0, 0.05) is 23.6 Å². The van der Waals surface area contributed by atoms with E-state index in [9.17, 15) is 9.59 Å². The Kier molecular flexibility index (Phi) is 6.61. The first-order valence-electron chi connectivity index (χ1n) is 9.22. The number of allylic oxidation sites excluding steroid dienone is 1. The number of aryl methyl sites for hydroxylation is 1. The summed E-state index contributed by atoms with van der Waals surface area (Å²) in [7, 11) is 0. The van der Waals surface area contributed by atoms with Crippen molar-refractivity contribution < 1.29 is 9.59 Å². The number of carbonyl (C=O) groups excluding carboxylic acids is 2. The molecule has 0 unspecified atom stereocenters. The number of carbonyl (C=O) groups is 2. The van der Waals surface area contributed by atoms with E-state index in [4.69, 9.17) is 11.6 Å². The smallest absolute Gasteiger partial charge is 0.243 e. The van der Waals surface area contributed by atoms with Crippen LogP contribution in [0.25, 0.3) is 11.0 Å². The second-order valence-electron chi connectivity index (χ2n) is 6.43. The summed E-state index contributed by atoms with van der Waals surface area (Å²) in [6.45, 7) is 2.57. The number of hydrogen-bond acceptors (Lipinski definition) is 3. The van der Waals surface area contributed by atoms with Gasteiger partial charge in [-0.05, 0) is 55.8 Å². The quantitative estimate of drug-likeness (QED) is 0.353. The van der Waals surface area contributed by atoms with Gasteiger partial charge in [-0.1, -0.05) is 29.8 Å². The van der Waals surface area contributed by atoms with Gasteiger partial charge < -0.3 is 9.88 Å². The molecule has 0 aliphatic carbocycles. The zero-order valence-electron chi connectivity index (χ0n) is 15.7. The molecule has 1 heterocycles. The third-order valence-corrected chi connectivity index (χ3v) is 4.65. The van der Waals surface area contributed by atoms with Crippen molar-refractivity contribution in [1.29, 1.82) is 0 Å². The fraction of sp³-hybridized carbons (Fsp3) is 0.227. The Hall–Kier alpha value is -2.92. The molecule has 0 aliphatic heterocycles. The number of amides is 1. The Morgan fingerprint density at radius 3 is 2.64 bits per heavy atom. The highest BCUT2D eigenvalue weighted by Gasteiger charge is 2.14. The van der Waals surface area contributed by atoms with E-state index in [1.54, 1.807) is 37.3 Å². The Balaban J connectivity index is 1.76. The van der Waals surface area contributed by atoms with Crippen molar-refractivity contribution in [3.05, 3.63) is 77.1 Å². The maximum atomic E-state index is 12.8. The van der Waals surface area contributed by atoms with Crippen molar-refractivity contribution in [3.63, 3.8) is 0 Å². The number of ketones is 1. The molecule has 1 N–H and O–H groups in total. The maximum absolute atomic E-state index is 12.8. The molecular weight excluding hydrogens is 374 g/mol. The minimum absolute atomic E-state index is 0.00227. The molecule has 6 heteroatoms. The van der Waals surface area contributed by atoms with Gasteiger partial charge in [0.1, 0.15) is 5.82 Å². The molecule has 0 radical (unpaired) electrons. The van der Waals surface area contributed by atoms with Crippen LogP contribution in [0.4, 0.5) is 0 Å². The van der Waals surface area contributed by atoms with Crippen molar-refractivity contribution in [3.8, 4) is 0 Å². The first-order chi connectivity index (χ1) is 13.6. The third kappa shape index (κ3) is 4.87. The van der Waals surface area contributed by atoms with Gasteiger partial charge in [-0.25, -0.2) is 4.98 Å². The van der Waals surface area contributed by atoms with Crippen molar-refractivity contribution in [2.75, 3.05) is 6.54 Å². The molecule has 0 saturated carbocycles. The third-order valence-electron chi connectivity index (χ3n) is 4.40. The van der Waals surface area contributed by atoms with Gasteiger partial charge in [-0.15, -0.1) is 0 Å². The Morgan fingerprint density at radius 1 is 1.14 bits per heavy atom. The molecule has 0 fully saturated rings. The first-order valence-corrected chi connectivity index (χ1v) is 9.59. The molecule has 0 aliphatic rings. The van der Waals surface area contributed by atoms with Crippen LogP contribution in [-0.2, 0) is 17.8 Å². The van der Waals surface area contributed by atoms with Gasteiger partial charge >= 0.3 is 0 Å². The fourth-order valence-electron chi connectivity index (χ4n) is 3.03. The van der Waals surface area contributed by atoms with Crippen LogP contribution in [0.2, 0.25) is 5.02 Å². The number of benzene rings is 2. The van der Waals surface area contributed by atoms with E-state index in [2.05, 4.69) is 10.3 Å². The first kappa shape index (κ1) is 19.8. The van der Waals surface area contributed by atoms with E-state index < -0.39 is 0 Å². The summed E-state index contributed by atoms with van der Waals surface area (Å²) >= 11 is 5.91. The lowest BCUT2D eigenvalue weighted by Gasteiger charge is -2.09. The highest BCUT2D eigenvalue weighted by molar-refractivity contribution is 6.30. The van der Waals surface area contributed by atoms with Crippen molar-refractivity contribution in [2.45, 2.75) is 26.3 Å². The molecule has 28 heavy (non-hydrogen) atoms. The van der Waals surface area contributed by atoms with Crippen LogP contribution in [0.15, 0.2) is 60.7 Å². The van der Waals surface area contributed by atoms with Crippen LogP contribution in [0.1, 0.15) is 29.5 Å². The number of hydrogen-bond donors (Lipinski definition) is 1. The Bertz CT molecular complexity index is 1010.